The molecule has 0 amide bonds. The van der Waals surface area contributed by atoms with E-state index in [4.69, 9.17) is 5.21 Å². The van der Waals surface area contributed by atoms with Crippen molar-refractivity contribution >= 4 is 0 Å². The molecule has 1 aliphatic rings. The lowest BCUT2D eigenvalue weighted by atomic mass is 10.4. The van der Waals surface area contributed by atoms with Crippen LogP contribution in [0.5, 0.6) is 0 Å². The van der Waals surface area contributed by atoms with Crippen molar-refractivity contribution in [2.24, 2.45) is 0 Å². The van der Waals surface area contributed by atoms with Crippen LogP contribution in [0, 0.1) is 0 Å². The van der Waals surface area contributed by atoms with Crippen LogP contribution >= 0.6 is 0 Å². The standard InChI is InChI=1S/C4H10N2O/c7-6-3-1-5-2-4-6/h5,7H,1-4H2/p+1. The minimum absolute atomic E-state index is 0.652. The van der Waals surface area contributed by atoms with E-state index in [1.807, 2.05) is 0 Å². The molecule has 0 atom stereocenters. The van der Waals surface area contributed by atoms with Gasteiger partial charge in [-0.2, -0.15) is 5.06 Å². The molecule has 42 valence electrons. The Balaban J connectivity index is 2.12. The summed E-state index contributed by atoms with van der Waals surface area (Å²) in [6, 6.07) is 0. The molecule has 0 aromatic rings. The Hall–Kier alpha value is -0.120. The van der Waals surface area contributed by atoms with Crippen LogP contribution in [0.2, 0.25) is 0 Å². The molecular formula is C4H11N2O+. The lowest BCUT2D eigenvalue weighted by Crippen LogP contribution is -3.12. The third-order valence-electron chi connectivity index (χ3n) is 1.18. The molecule has 0 aromatic heterocycles. The Labute approximate surface area is 42.9 Å². The van der Waals surface area contributed by atoms with Crippen LogP contribution in [0.4, 0.5) is 0 Å². The number of rotatable bonds is 0. The molecule has 0 bridgehead atoms. The van der Waals surface area contributed by atoms with Crippen LogP contribution in [0.1, 0.15) is 0 Å². The van der Waals surface area contributed by atoms with Gasteiger partial charge in [0.05, 0.1) is 0 Å². The van der Waals surface area contributed by atoms with E-state index in [9.17, 15) is 0 Å². The van der Waals surface area contributed by atoms with E-state index in [1.54, 1.807) is 0 Å². The second-order valence-corrected chi connectivity index (χ2v) is 1.82. The third-order valence-corrected chi connectivity index (χ3v) is 1.18. The molecule has 3 heteroatoms. The van der Waals surface area contributed by atoms with E-state index in [0.29, 0.717) is 5.06 Å². The van der Waals surface area contributed by atoms with Gasteiger partial charge in [-0.3, -0.25) is 0 Å². The predicted octanol–water partition coefficient (Wildman–Crippen LogP) is -2.14. The van der Waals surface area contributed by atoms with Gasteiger partial charge in [0.25, 0.3) is 0 Å². The van der Waals surface area contributed by atoms with Crippen LogP contribution in [-0.4, -0.2) is 31.4 Å². The van der Waals surface area contributed by atoms with Crippen LogP contribution < -0.4 is 10.4 Å². The summed E-state index contributed by atoms with van der Waals surface area (Å²) in [5, 5.41) is 12.6. The molecule has 0 unspecified atom stereocenters. The van der Waals surface area contributed by atoms with E-state index >= 15 is 0 Å². The van der Waals surface area contributed by atoms with Gasteiger partial charge in [0.15, 0.2) is 0 Å². The maximum absolute atomic E-state index is 8.79. The normalized spacial score (nSPS) is 25.3. The molecule has 7 heavy (non-hydrogen) atoms. The first kappa shape index (κ1) is 5.03. The quantitative estimate of drug-likeness (QED) is 0.327. The number of hydroxylamine groups is 2. The van der Waals surface area contributed by atoms with Crippen molar-refractivity contribution in [3.05, 3.63) is 0 Å². The highest BCUT2D eigenvalue weighted by molar-refractivity contribution is 4.45. The van der Waals surface area contributed by atoms with Crippen LogP contribution in [0.15, 0.2) is 0 Å². The van der Waals surface area contributed by atoms with Crippen molar-refractivity contribution in [1.82, 2.24) is 5.32 Å². The van der Waals surface area contributed by atoms with E-state index in [1.165, 1.54) is 0 Å². The Kier molecular flexibility index (Phi) is 1.62. The maximum Gasteiger partial charge on any atom is 0.119 e. The van der Waals surface area contributed by atoms with Gasteiger partial charge in [-0.05, 0) is 0 Å². The smallest absolute Gasteiger partial charge is 0.119 e. The lowest BCUT2D eigenvalue weighted by Gasteiger charge is -2.15. The summed E-state index contributed by atoms with van der Waals surface area (Å²) < 4.78 is 0. The number of quaternary nitrogens is 1. The van der Waals surface area contributed by atoms with Crippen molar-refractivity contribution in [1.29, 1.82) is 0 Å². The summed E-state index contributed by atoms with van der Waals surface area (Å²) in [5.41, 5.74) is 0. The maximum atomic E-state index is 8.79. The fourth-order valence-corrected chi connectivity index (χ4v) is 0.715. The highest BCUT2D eigenvalue weighted by atomic mass is 16.5. The Morgan fingerprint density at radius 3 is 2.14 bits per heavy atom. The molecule has 1 saturated heterocycles. The Morgan fingerprint density at radius 1 is 1.29 bits per heavy atom. The number of nitrogens with one attached hydrogen (secondary N) is 2. The van der Waals surface area contributed by atoms with Gasteiger partial charge in [-0.25, -0.2) is 5.21 Å². The molecule has 1 aliphatic heterocycles. The number of piperazine rings is 1. The minimum atomic E-state index is 0.652. The third kappa shape index (κ3) is 1.43. The molecule has 1 fully saturated rings. The summed E-state index contributed by atoms with van der Waals surface area (Å²) in [6.07, 6.45) is 0. The molecule has 0 aromatic carbocycles. The summed E-state index contributed by atoms with van der Waals surface area (Å²) in [7, 11) is 0. The molecule has 0 aliphatic carbocycles. The summed E-state index contributed by atoms with van der Waals surface area (Å²) in [4.78, 5) is 0. The average Bonchev–Trinajstić information content (AvgIpc) is 1.69. The first-order valence-electron chi connectivity index (χ1n) is 2.64. The Morgan fingerprint density at radius 2 is 1.86 bits per heavy atom. The molecule has 0 saturated carbocycles. The van der Waals surface area contributed by atoms with Gasteiger partial charge in [0.1, 0.15) is 13.1 Å². The molecule has 3 nitrogen and oxygen atoms in total. The fourth-order valence-electron chi connectivity index (χ4n) is 0.715. The largest absolute Gasteiger partial charge is 0.306 e. The van der Waals surface area contributed by atoms with Crippen LogP contribution in [-0.2, 0) is 0 Å². The molecule has 0 spiro atoms. The summed E-state index contributed by atoms with van der Waals surface area (Å²) >= 11 is 0. The number of hydrogen-bond acceptors (Lipinski definition) is 2. The van der Waals surface area contributed by atoms with Gasteiger partial charge in [0, 0.05) is 13.1 Å². The fraction of sp³-hybridized carbons (Fsp3) is 1.00. The van der Waals surface area contributed by atoms with E-state index in [-0.39, 0.29) is 0 Å². The second kappa shape index (κ2) is 2.26. The van der Waals surface area contributed by atoms with Crippen molar-refractivity contribution in [2.75, 3.05) is 26.2 Å². The predicted molar refractivity (Wildman–Crippen MR) is 25.4 cm³/mol. The lowest BCUT2D eigenvalue weighted by molar-refractivity contribution is -1.09. The van der Waals surface area contributed by atoms with Crippen molar-refractivity contribution in [2.45, 2.75) is 0 Å². The van der Waals surface area contributed by atoms with Gasteiger partial charge < -0.3 is 5.32 Å². The van der Waals surface area contributed by atoms with Crippen molar-refractivity contribution in [3.63, 3.8) is 0 Å². The molecular weight excluding hydrogens is 92.1 g/mol. The highest BCUT2D eigenvalue weighted by Crippen LogP contribution is 1.58. The first-order valence-corrected chi connectivity index (χ1v) is 2.64. The zero-order valence-electron chi connectivity index (χ0n) is 4.28. The highest BCUT2D eigenvalue weighted by Gasteiger charge is 2.07. The molecule has 3 N–H and O–H groups in total. The zero-order chi connectivity index (χ0) is 5.11. The molecule has 0 radical (unpaired) electrons. The summed E-state index contributed by atoms with van der Waals surface area (Å²) in [5.74, 6) is 0. The van der Waals surface area contributed by atoms with Gasteiger partial charge in [-0.1, -0.05) is 0 Å². The van der Waals surface area contributed by atoms with Gasteiger partial charge >= 0.3 is 0 Å². The van der Waals surface area contributed by atoms with Gasteiger partial charge in [-0.15, -0.1) is 0 Å². The topological polar surface area (TPSA) is 36.7 Å². The van der Waals surface area contributed by atoms with Crippen LogP contribution in [0.25, 0.3) is 0 Å². The zero-order valence-corrected chi connectivity index (χ0v) is 4.28. The average molecular weight is 103 g/mol. The second-order valence-electron chi connectivity index (χ2n) is 1.82. The molecule has 1 heterocycles. The van der Waals surface area contributed by atoms with Gasteiger partial charge in [0.2, 0.25) is 0 Å². The Bertz CT molecular complexity index is 51.7. The monoisotopic (exact) mass is 103 g/mol. The van der Waals surface area contributed by atoms with E-state index < -0.39 is 0 Å². The van der Waals surface area contributed by atoms with E-state index in [0.717, 1.165) is 26.2 Å². The van der Waals surface area contributed by atoms with Crippen molar-refractivity contribution in [3.8, 4) is 0 Å². The van der Waals surface area contributed by atoms with Crippen LogP contribution in [0.3, 0.4) is 0 Å². The minimum Gasteiger partial charge on any atom is -0.306 e. The summed E-state index contributed by atoms with van der Waals surface area (Å²) in [6.45, 7) is 3.59. The SMILES string of the molecule is O[NH+]1CCNCC1. The number of hydrogen-bond donors (Lipinski definition) is 3. The van der Waals surface area contributed by atoms with E-state index in [2.05, 4.69) is 5.32 Å². The molecule has 1 rings (SSSR count). The first-order chi connectivity index (χ1) is 3.39. The van der Waals surface area contributed by atoms with Crippen molar-refractivity contribution < 1.29 is 10.3 Å².